The van der Waals surface area contributed by atoms with E-state index >= 15 is 0 Å². The number of rotatable bonds is 7. The number of aromatic nitrogens is 3. The van der Waals surface area contributed by atoms with Crippen molar-refractivity contribution in [2.45, 2.75) is 59.5 Å². The Bertz CT molecular complexity index is 1340. The summed E-state index contributed by atoms with van der Waals surface area (Å²) in [6.45, 7) is 14.8. The lowest BCUT2D eigenvalue weighted by Crippen LogP contribution is -2.62. The van der Waals surface area contributed by atoms with Crippen LogP contribution in [0.5, 0.6) is 11.6 Å². The SMILES string of the molecule is CCN(C(=O)c1cc(F)ccc1Oc1nncnc1N1CC2(CCN(C(=O)[C@H]3NC[C@H]4C3C4(C)C)CC2)C1)C(C)C. The zero-order chi connectivity index (χ0) is 29.1. The number of amides is 2. The summed E-state index contributed by atoms with van der Waals surface area (Å²) in [5.41, 5.74) is 0.514. The number of fused-ring (bicyclic) bond motifs is 1. The van der Waals surface area contributed by atoms with Gasteiger partial charge in [0.2, 0.25) is 5.91 Å². The quantitative estimate of drug-likeness (QED) is 0.545. The maximum atomic E-state index is 14.2. The number of ether oxygens (including phenoxy) is 1. The normalized spacial score (nSPS) is 25.6. The predicted molar refractivity (Wildman–Crippen MR) is 151 cm³/mol. The summed E-state index contributed by atoms with van der Waals surface area (Å²) in [7, 11) is 0. The van der Waals surface area contributed by atoms with E-state index in [-0.39, 0.29) is 51.9 Å². The smallest absolute Gasteiger partial charge is 0.282 e. The summed E-state index contributed by atoms with van der Waals surface area (Å²) < 4.78 is 20.3. The van der Waals surface area contributed by atoms with Gasteiger partial charge in [0.1, 0.15) is 17.9 Å². The number of hydrogen-bond donors (Lipinski definition) is 1. The second-order valence-corrected chi connectivity index (χ2v) is 13.0. The van der Waals surface area contributed by atoms with E-state index < -0.39 is 5.82 Å². The van der Waals surface area contributed by atoms with Gasteiger partial charge in [0, 0.05) is 44.2 Å². The Morgan fingerprint density at radius 3 is 2.59 bits per heavy atom. The highest BCUT2D eigenvalue weighted by atomic mass is 19.1. The number of nitrogens with one attached hydrogen (secondary N) is 1. The first-order chi connectivity index (χ1) is 19.5. The van der Waals surface area contributed by atoms with Crippen LogP contribution >= 0.6 is 0 Å². The molecule has 3 saturated heterocycles. The van der Waals surface area contributed by atoms with E-state index in [4.69, 9.17) is 4.74 Å². The van der Waals surface area contributed by atoms with Crippen LogP contribution in [0.3, 0.4) is 0 Å². The molecule has 1 saturated carbocycles. The molecule has 4 heterocycles. The number of carbonyl (C=O) groups is 2. The van der Waals surface area contributed by atoms with E-state index in [0.29, 0.717) is 24.2 Å². The van der Waals surface area contributed by atoms with E-state index in [1.807, 2.05) is 25.7 Å². The summed E-state index contributed by atoms with van der Waals surface area (Å²) >= 11 is 0. The van der Waals surface area contributed by atoms with Crippen molar-refractivity contribution in [3.63, 3.8) is 0 Å². The van der Waals surface area contributed by atoms with Crippen molar-refractivity contribution >= 4 is 17.6 Å². The third kappa shape index (κ3) is 4.81. The van der Waals surface area contributed by atoms with Gasteiger partial charge in [-0.1, -0.05) is 13.8 Å². The molecule has 0 bridgehead atoms. The molecular weight excluding hydrogens is 525 g/mol. The van der Waals surface area contributed by atoms with Crippen LogP contribution in [0.4, 0.5) is 10.2 Å². The molecule has 1 aromatic carbocycles. The second kappa shape index (κ2) is 10.2. The largest absolute Gasteiger partial charge is 0.434 e. The lowest BCUT2D eigenvalue weighted by molar-refractivity contribution is -0.136. The first-order valence-corrected chi connectivity index (χ1v) is 14.8. The minimum atomic E-state index is -0.517. The highest BCUT2D eigenvalue weighted by Crippen LogP contribution is 2.62. The van der Waals surface area contributed by atoms with E-state index in [0.717, 1.165) is 45.6 Å². The van der Waals surface area contributed by atoms with Crippen LogP contribution in [0.25, 0.3) is 0 Å². The summed E-state index contributed by atoms with van der Waals surface area (Å²) in [5, 5.41) is 11.6. The molecule has 4 fully saturated rings. The first kappa shape index (κ1) is 27.8. The lowest BCUT2D eigenvalue weighted by atomic mass is 9.72. The first-order valence-electron chi connectivity index (χ1n) is 14.8. The number of benzene rings is 1. The van der Waals surface area contributed by atoms with Gasteiger partial charge in [-0.3, -0.25) is 9.59 Å². The van der Waals surface area contributed by atoms with E-state index in [2.05, 4.69) is 39.2 Å². The molecule has 4 aliphatic rings. The van der Waals surface area contributed by atoms with Crippen LogP contribution < -0.4 is 15.0 Å². The molecule has 11 heteroatoms. The van der Waals surface area contributed by atoms with Gasteiger partial charge in [-0.05, 0) is 75.6 Å². The van der Waals surface area contributed by atoms with Gasteiger partial charge in [-0.2, -0.15) is 0 Å². The number of likely N-dealkylation sites (tertiary alicyclic amines) is 1. The Hall–Kier alpha value is -3.34. The number of halogens is 1. The van der Waals surface area contributed by atoms with Gasteiger partial charge in [0.15, 0.2) is 5.82 Å². The van der Waals surface area contributed by atoms with Gasteiger partial charge >= 0.3 is 0 Å². The Balaban J connectivity index is 1.11. The second-order valence-electron chi connectivity index (χ2n) is 13.0. The summed E-state index contributed by atoms with van der Waals surface area (Å²) in [4.78, 5) is 36.8. The van der Waals surface area contributed by atoms with E-state index in [9.17, 15) is 14.0 Å². The fourth-order valence-electron chi connectivity index (χ4n) is 7.39. The fraction of sp³-hybridized carbons (Fsp3) is 0.633. The van der Waals surface area contributed by atoms with Crippen molar-refractivity contribution in [2.24, 2.45) is 22.7 Å². The molecule has 1 aromatic heterocycles. The molecule has 10 nitrogen and oxygen atoms in total. The molecule has 0 radical (unpaired) electrons. The molecule has 1 N–H and O–H groups in total. The Labute approximate surface area is 240 Å². The molecule has 6 rings (SSSR count). The molecule has 41 heavy (non-hydrogen) atoms. The number of hydrogen-bond acceptors (Lipinski definition) is 8. The zero-order valence-electron chi connectivity index (χ0n) is 24.6. The molecule has 220 valence electrons. The van der Waals surface area contributed by atoms with Crippen LogP contribution in [0.15, 0.2) is 24.5 Å². The summed E-state index contributed by atoms with van der Waals surface area (Å²) in [6.07, 6.45) is 3.25. The van der Waals surface area contributed by atoms with E-state index in [1.54, 1.807) is 4.90 Å². The monoisotopic (exact) mass is 565 g/mol. The molecule has 1 unspecified atom stereocenters. The van der Waals surface area contributed by atoms with Gasteiger partial charge in [-0.25, -0.2) is 9.37 Å². The minimum Gasteiger partial charge on any atom is -0.434 e. The Morgan fingerprint density at radius 2 is 1.95 bits per heavy atom. The standard InChI is InChI=1S/C30H40FN7O3/c1-6-38(18(2)3)27(39)20-13-19(31)7-8-22(20)41-26-25(33-17-34-35-26)37-15-30(16-37)9-11-36(12-10-30)28(40)24-23-21(14-32-24)29(23,4)5/h7-8,13,17-18,21,23-24,32H,6,9-12,14-16H2,1-5H3/t21-,23?,24-/m0/s1. The maximum absolute atomic E-state index is 14.2. The molecule has 3 atom stereocenters. The summed E-state index contributed by atoms with van der Waals surface area (Å²) in [5.74, 6) is 1.44. The average Bonchev–Trinajstić information content (AvgIpc) is 3.24. The molecular formula is C30H40FN7O3. The van der Waals surface area contributed by atoms with Crippen molar-refractivity contribution in [3.8, 4) is 11.6 Å². The topological polar surface area (TPSA) is 104 Å². The number of nitrogens with zero attached hydrogens (tertiary/aromatic N) is 6. The zero-order valence-corrected chi connectivity index (χ0v) is 24.6. The van der Waals surface area contributed by atoms with Crippen molar-refractivity contribution in [1.82, 2.24) is 30.3 Å². The van der Waals surface area contributed by atoms with E-state index in [1.165, 1.54) is 24.5 Å². The van der Waals surface area contributed by atoms with Crippen molar-refractivity contribution in [2.75, 3.05) is 44.2 Å². The van der Waals surface area contributed by atoms with Crippen LogP contribution in [-0.2, 0) is 4.79 Å². The van der Waals surface area contributed by atoms with Crippen LogP contribution in [0.1, 0.15) is 57.8 Å². The van der Waals surface area contributed by atoms with Crippen molar-refractivity contribution in [1.29, 1.82) is 0 Å². The van der Waals surface area contributed by atoms with Crippen LogP contribution in [0.2, 0.25) is 0 Å². The third-order valence-corrected chi connectivity index (χ3v) is 9.98. The van der Waals surface area contributed by atoms with Crippen LogP contribution in [-0.4, -0.2) is 88.1 Å². The average molecular weight is 566 g/mol. The Morgan fingerprint density at radius 1 is 1.22 bits per heavy atom. The molecule has 1 aliphatic carbocycles. The summed E-state index contributed by atoms with van der Waals surface area (Å²) in [6, 6.07) is 3.82. The predicted octanol–water partition coefficient (Wildman–Crippen LogP) is 3.35. The van der Waals surface area contributed by atoms with Gasteiger partial charge < -0.3 is 24.8 Å². The molecule has 2 aromatic rings. The third-order valence-electron chi connectivity index (χ3n) is 9.98. The Kier molecular flexibility index (Phi) is 6.91. The van der Waals surface area contributed by atoms with Gasteiger partial charge in [-0.15, -0.1) is 10.2 Å². The molecule has 2 amide bonds. The van der Waals surface area contributed by atoms with Gasteiger partial charge in [0.25, 0.3) is 11.8 Å². The van der Waals surface area contributed by atoms with Crippen molar-refractivity contribution in [3.05, 3.63) is 35.9 Å². The number of piperidine rings is 2. The number of carbonyl (C=O) groups excluding carboxylic acids is 2. The minimum absolute atomic E-state index is 0.0399. The highest BCUT2D eigenvalue weighted by Gasteiger charge is 2.66. The molecule has 1 spiro atoms. The maximum Gasteiger partial charge on any atom is 0.282 e. The number of anilines is 1. The van der Waals surface area contributed by atoms with Gasteiger partial charge in [0.05, 0.1) is 11.6 Å². The van der Waals surface area contributed by atoms with Crippen LogP contribution in [0, 0.1) is 28.5 Å². The lowest BCUT2D eigenvalue weighted by Gasteiger charge is -2.54. The molecule has 3 aliphatic heterocycles. The fourth-order valence-corrected chi connectivity index (χ4v) is 7.39. The van der Waals surface area contributed by atoms with Crippen molar-refractivity contribution < 1.29 is 18.7 Å². The highest BCUT2D eigenvalue weighted by molar-refractivity contribution is 5.97.